The second kappa shape index (κ2) is 5.10. The average Bonchev–Trinajstić information content (AvgIpc) is 3.24. The van der Waals surface area contributed by atoms with Crippen LogP contribution in [-0.4, -0.2) is 32.8 Å². The molecule has 18 heavy (non-hydrogen) atoms. The molecule has 1 aromatic carbocycles. The lowest BCUT2D eigenvalue weighted by atomic mass is 10.1. The van der Waals surface area contributed by atoms with E-state index < -0.39 is 0 Å². The van der Waals surface area contributed by atoms with E-state index in [9.17, 15) is 0 Å². The Labute approximate surface area is 117 Å². The van der Waals surface area contributed by atoms with Gasteiger partial charge < -0.3 is 15.0 Å². The third kappa shape index (κ3) is 2.50. The van der Waals surface area contributed by atoms with Gasteiger partial charge in [-0.15, -0.1) is 0 Å². The third-order valence-electron chi connectivity index (χ3n) is 3.90. The zero-order chi connectivity index (χ0) is 12.5. The molecule has 0 aromatic heterocycles. The normalized spacial score (nSPS) is 24.1. The van der Waals surface area contributed by atoms with Crippen LogP contribution < -0.4 is 15.0 Å². The smallest absolute Gasteiger partial charge is 0.135 e. The predicted molar refractivity (Wildman–Crippen MR) is 77.4 cm³/mol. The maximum Gasteiger partial charge on any atom is 0.135 e. The van der Waals surface area contributed by atoms with E-state index in [0.29, 0.717) is 6.04 Å². The summed E-state index contributed by atoms with van der Waals surface area (Å²) in [5.74, 6) is 1.82. The Bertz CT molecular complexity index is 434. The molecule has 2 aliphatic rings. The second-order valence-corrected chi connectivity index (χ2v) is 6.02. The van der Waals surface area contributed by atoms with E-state index in [0.717, 1.165) is 35.8 Å². The fourth-order valence-electron chi connectivity index (χ4n) is 2.67. The number of halogens is 1. The first-order chi connectivity index (χ1) is 8.78. The van der Waals surface area contributed by atoms with E-state index >= 15 is 0 Å². The monoisotopic (exact) mass is 310 g/mol. The van der Waals surface area contributed by atoms with Gasteiger partial charge in [-0.25, -0.2) is 0 Å². The quantitative estimate of drug-likeness (QED) is 0.929. The van der Waals surface area contributed by atoms with Gasteiger partial charge in [0.2, 0.25) is 0 Å². The number of anilines is 1. The van der Waals surface area contributed by atoms with E-state index in [1.807, 2.05) is 0 Å². The van der Waals surface area contributed by atoms with E-state index in [4.69, 9.17) is 4.74 Å². The van der Waals surface area contributed by atoms with Crippen LogP contribution in [0, 0.1) is 5.92 Å². The number of nitrogens with zero attached hydrogens (tertiary/aromatic N) is 1. The summed E-state index contributed by atoms with van der Waals surface area (Å²) < 4.78 is 6.39. The molecule has 1 saturated heterocycles. The van der Waals surface area contributed by atoms with E-state index in [2.05, 4.69) is 44.3 Å². The first-order valence-electron chi connectivity index (χ1n) is 6.60. The van der Waals surface area contributed by atoms with Gasteiger partial charge in [-0.3, -0.25) is 0 Å². The van der Waals surface area contributed by atoms with Crippen LogP contribution >= 0.6 is 15.9 Å². The molecule has 1 atom stereocenters. The van der Waals surface area contributed by atoms with Gasteiger partial charge >= 0.3 is 0 Å². The number of benzene rings is 1. The standard InChI is InChI=1S/C14H19BrN2O/c1-18-14-8-11(4-5-12(14)15)17-7-6-16-13(9-17)10-2-3-10/h4-5,8,10,13,16H,2-3,6-7,9H2,1H3. The van der Waals surface area contributed by atoms with Crippen LogP contribution in [0.1, 0.15) is 12.8 Å². The van der Waals surface area contributed by atoms with Crippen LogP contribution in [0.4, 0.5) is 5.69 Å². The number of hydrogen-bond acceptors (Lipinski definition) is 3. The Morgan fingerprint density at radius 1 is 1.39 bits per heavy atom. The Kier molecular flexibility index (Phi) is 3.48. The van der Waals surface area contributed by atoms with Crippen molar-refractivity contribution in [2.45, 2.75) is 18.9 Å². The Balaban J connectivity index is 1.76. The van der Waals surface area contributed by atoms with Gasteiger partial charge in [0.15, 0.2) is 0 Å². The number of methoxy groups -OCH3 is 1. The molecule has 1 heterocycles. The van der Waals surface area contributed by atoms with Crippen LogP contribution in [0.3, 0.4) is 0 Å². The van der Waals surface area contributed by atoms with Crippen molar-refractivity contribution in [3.63, 3.8) is 0 Å². The molecule has 0 amide bonds. The molecule has 0 bridgehead atoms. The summed E-state index contributed by atoms with van der Waals surface area (Å²) in [5, 5.41) is 3.64. The molecule has 4 heteroatoms. The van der Waals surface area contributed by atoms with Crippen molar-refractivity contribution >= 4 is 21.6 Å². The molecule has 1 N–H and O–H groups in total. The highest BCUT2D eigenvalue weighted by Gasteiger charge is 2.34. The largest absolute Gasteiger partial charge is 0.495 e. The summed E-state index contributed by atoms with van der Waals surface area (Å²) in [4.78, 5) is 2.47. The van der Waals surface area contributed by atoms with E-state index in [1.165, 1.54) is 18.5 Å². The van der Waals surface area contributed by atoms with Crippen molar-refractivity contribution in [2.24, 2.45) is 5.92 Å². The molecular weight excluding hydrogens is 292 g/mol. The fourth-order valence-corrected chi connectivity index (χ4v) is 3.08. The molecule has 1 aliphatic carbocycles. The van der Waals surface area contributed by atoms with Crippen LogP contribution in [0.15, 0.2) is 22.7 Å². The van der Waals surface area contributed by atoms with Gasteiger partial charge in [0, 0.05) is 37.4 Å². The van der Waals surface area contributed by atoms with Gasteiger partial charge in [0.1, 0.15) is 5.75 Å². The fraction of sp³-hybridized carbons (Fsp3) is 0.571. The molecule has 1 aliphatic heterocycles. The highest BCUT2D eigenvalue weighted by atomic mass is 79.9. The van der Waals surface area contributed by atoms with E-state index in [-0.39, 0.29) is 0 Å². The summed E-state index contributed by atoms with van der Waals surface area (Å²) >= 11 is 3.50. The van der Waals surface area contributed by atoms with Crippen LogP contribution in [0.5, 0.6) is 5.75 Å². The van der Waals surface area contributed by atoms with Gasteiger partial charge in [0.05, 0.1) is 11.6 Å². The third-order valence-corrected chi connectivity index (χ3v) is 4.55. The molecule has 0 spiro atoms. The maximum absolute atomic E-state index is 5.37. The van der Waals surface area contributed by atoms with E-state index in [1.54, 1.807) is 7.11 Å². The van der Waals surface area contributed by atoms with Crippen LogP contribution in [0.2, 0.25) is 0 Å². The molecule has 1 saturated carbocycles. The zero-order valence-corrected chi connectivity index (χ0v) is 12.2. The summed E-state index contributed by atoms with van der Waals surface area (Å²) in [6, 6.07) is 7.04. The molecule has 1 unspecified atom stereocenters. The van der Waals surface area contributed by atoms with Crippen molar-refractivity contribution < 1.29 is 4.74 Å². The molecule has 2 fully saturated rings. The minimum absolute atomic E-state index is 0.674. The SMILES string of the molecule is COc1cc(N2CCNC(C3CC3)C2)ccc1Br. The number of nitrogens with one attached hydrogen (secondary N) is 1. The van der Waals surface area contributed by atoms with Crippen molar-refractivity contribution in [3.05, 3.63) is 22.7 Å². The van der Waals surface area contributed by atoms with Crippen molar-refractivity contribution in [1.29, 1.82) is 0 Å². The highest BCUT2D eigenvalue weighted by molar-refractivity contribution is 9.10. The summed E-state index contributed by atoms with van der Waals surface area (Å²) in [7, 11) is 1.72. The van der Waals surface area contributed by atoms with Gasteiger partial charge in [-0.05, 0) is 46.8 Å². The second-order valence-electron chi connectivity index (χ2n) is 5.16. The summed E-state index contributed by atoms with van der Waals surface area (Å²) in [6.07, 6.45) is 2.80. The number of ether oxygens (including phenoxy) is 1. The predicted octanol–water partition coefficient (Wildman–Crippen LogP) is 2.65. The maximum atomic E-state index is 5.37. The number of rotatable bonds is 3. The molecule has 1 aromatic rings. The van der Waals surface area contributed by atoms with Crippen molar-refractivity contribution in [3.8, 4) is 5.75 Å². The molecular formula is C14H19BrN2O. The van der Waals surface area contributed by atoms with Crippen LogP contribution in [-0.2, 0) is 0 Å². The first kappa shape index (κ1) is 12.3. The lowest BCUT2D eigenvalue weighted by Gasteiger charge is -2.35. The molecule has 3 rings (SSSR count). The lowest BCUT2D eigenvalue weighted by Crippen LogP contribution is -2.51. The van der Waals surface area contributed by atoms with Crippen molar-refractivity contribution in [2.75, 3.05) is 31.6 Å². The molecule has 0 radical (unpaired) electrons. The van der Waals surface area contributed by atoms with Crippen molar-refractivity contribution in [1.82, 2.24) is 5.32 Å². The molecule has 98 valence electrons. The Morgan fingerprint density at radius 3 is 2.94 bits per heavy atom. The number of piperazine rings is 1. The Hall–Kier alpha value is -0.740. The minimum atomic E-state index is 0.674. The van der Waals surface area contributed by atoms with Gasteiger partial charge in [0.25, 0.3) is 0 Å². The van der Waals surface area contributed by atoms with Gasteiger partial charge in [-0.1, -0.05) is 0 Å². The Morgan fingerprint density at radius 2 is 2.22 bits per heavy atom. The highest BCUT2D eigenvalue weighted by Crippen LogP contribution is 2.35. The first-order valence-corrected chi connectivity index (χ1v) is 7.39. The summed E-state index contributed by atoms with van der Waals surface area (Å²) in [6.45, 7) is 3.28. The lowest BCUT2D eigenvalue weighted by molar-refractivity contribution is 0.408. The average molecular weight is 311 g/mol. The summed E-state index contributed by atoms with van der Waals surface area (Å²) in [5.41, 5.74) is 1.27. The topological polar surface area (TPSA) is 24.5 Å². The number of hydrogen-bond donors (Lipinski definition) is 1. The van der Waals surface area contributed by atoms with Crippen LogP contribution in [0.25, 0.3) is 0 Å². The zero-order valence-electron chi connectivity index (χ0n) is 10.7. The van der Waals surface area contributed by atoms with Gasteiger partial charge in [-0.2, -0.15) is 0 Å². The minimum Gasteiger partial charge on any atom is -0.495 e. The molecule has 3 nitrogen and oxygen atoms in total.